The van der Waals surface area contributed by atoms with E-state index in [1.54, 1.807) is 36.4 Å². The molecule has 0 aliphatic carbocycles. The third kappa shape index (κ3) is 5.27. The number of rotatable bonds is 4. The summed E-state index contributed by atoms with van der Waals surface area (Å²) in [5, 5.41) is 8.48. The van der Waals surface area contributed by atoms with Gasteiger partial charge in [0.05, 0.1) is 0 Å². The molecule has 0 unspecified atom stereocenters. The van der Waals surface area contributed by atoms with Crippen LogP contribution >= 0.6 is 34.8 Å². The van der Waals surface area contributed by atoms with E-state index in [4.69, 9.17) is 12.2 Å². The van der Waals surface area contributed by atoms with Gasteiger partial charge in [0, 0.05) is 26.9 Å². The summed E-state index contributed by atoms with van der Waals surface area (Å²) >= 11 is 7.29. The summed E-state index contributed by atoms with van der Waals surface area (Å²) in [7, 11) is 0. The Bertz CT molecular complexity index is 763. The first-order valence-corrected chi connectivity index (χ1v) is 8.74. The highest BCUT2D eigenvalue weighted by molar-refractivity contribution is 14.1. The molecular formula is C17H16IN3O2S. The lowest BCUT2D eigenvalue weighted by Crippen LogP contribution is -2.34. The van der Waals surface area contributed by atoms with E-state index in [1.807, 2.05) is 19.1 Å². The topological polar surface area (TPSA) is 70.2 Å². The molecule has 2 amide bonds. The van der Waals surface area contributed by atoms with E-state index < -0.39 is 0 Å². The Morgan fingerprint density at radius 3 is 2.38 bits per heavy atom. The maximum absolute atomic E-state index is 12.1. The van der Waals surface area contributed by atoms with Gasteiger partial charge in [-0.25, -0.2) is 0 Å². The second-order valence-corrected chi connectivity index (χ2v) is 6.51. The molecule has 0 aromatic heterocycles. The monoisotopic (exact) mass is 453 g/mol. The van der Waals surface area contributed by atoms with Gasteiger partial charge in [0.15, 0.2) is 5.11 Å². The van der Waals surface area contributed by atoms with Crippen molar-refractivity contribution in [3.8, 4) is 0 Å². The Labute approximate surface area is 159 Å². The lowest BCUT2D eigenvalue weighted by Gasteiger charge is -2.10. The first-order chi connectivity index (χ1) is 11.5. The highest BCUT2D eigenvalue weighted by Gasteiger charge is 2.09. The predicted molar refractivity (Wildman–Crippen MR) is 107 cm³/mol. The molecule has 24 heavy (non-hydrogen) atoms. The van der Waals surface area contributed by atoms with Crippen molar-refractivity contribution in [2.75, 3.05) is 11.9 Å². The van der Waals surface area contributed by atoms with Crippen molar-refractivity contribution in [2.45, 2.75) is 6.92 Å². The second kappa shape index (κ2) is 8.74. The molecule has 124 valence electrons. The van der Waals surface area contributed by atoms with Gasteiger partial charge in [-0.15, -0.1) is 0 Å². The Balaban J connectivity index is 1.94. The largest absolute Gasteiger partial charge is 0.352 e. The van der Waals surface area contributed by atoms with Crippen LogP contribution in [0.2, 0.25) is 0 Å². The molecule has 7 heteroatoms. The van der Waals surface area contributed by atoms with Gasteiger partial charge in [-0.05, 0) is 84.2 Å². The molecule has 0 bridgehead atoms. The molecule has 0 saturated heterocycles. The van der Waals surface area contributed by atoms with Gasteiger partial charge in [0.1, 0.15) is 0 Å². The highest BCUT2D eigenvalue weighted by atomic mass is 127. The molecule has 0 heterocycles. The molecule has 0 atom stereocenters. The van der Waals surface area contributed by atoms with Crippen LogP contribution in [-0.4, -0.2) is 23.5 Å². The van der Waals surface area contributed by atoms with Crippen LogP contribution in [0.3, 0.4) is 0 Å². The van der Waals surface area contributed by atoms with Gasteiger partial charge in [0.2, 0.25) is 0 Å². The van der Waals surface area contributed by atoms with Crippen molar-refractivity contribution >= 4 is 57.4 Å². The van der Waals surface area contributed by atoms with Gasteiger partial charge < -0.3 is 10.6 Å². The fraction of sp³-hybridized carbons (Fsp3) is 0.118. The number of amides is 2. The fourth-order valence-corrected chi connectivity index (χ4v) is 2.69. The zero-order valence-corrected chi connectivity index (χ0v) is 15.9. The average molecular weight is 453 g/mol. The van der Waals surface area contributed by atoms with E-state index in [2.05, 4.69) is 38.5 Å². The molecule has 2 aromatic rings. The zero-order valence-electron chi connectivity index (χ0n) is 12.9. The van der Waals surface area contributed by atoms with E-state index in [-0.39, 0.29) is 16.9 Å². The molecule has 0 spiro atoms. The van der Waals surface area contributed by atoms with Gasteiger partial charge in [-0.1, -0.05) is 6.07 Å². The third-order valence-corrected chi connectivity index (χ3v) is 3.93. The lowest BCUT2D eigenvalue weighted by atomic mass is 10.2. The zero-order chi connectivity index (χ0) is 17.5. The summed E-state index contributed by atoms with van der Waals surface area (Å²) in [6.07, 6.45) is 0. The Morgan fingerprint density at radius 1 is 1.04 bits per heavy atom. The van der Waals surface area contributed by atoms with E-state index in [1.165, 1.54) is 0 Å². The minimum Gasteiger partial charge on any atom is -0.352 e. The van der Waals surface area contributed by atoms with Crippen LogP contribution in [-0.2, 0) is 0 Å². The van der Waals surface area contributed by atoms with Crippen LogP contribution in [0.1, 0.15) is 27.6 Å². The summed E-state index contributed by atoms with van der Waals surface area (Å²) in [6, 6.07) is 14.1. The van der Waals surface area contributed by atoms with Crippen LogP contribution in [0.25, 0.3) is 0 Å². The maximum Gasteiger partial charge on any atom is 0.257 e. The van der Waals surface area contributed by atoms with E-state index in [0.29, 0.717) is 23.4 Å². The number of nitrogens with one attached hydrogen (secondary N) is 3. The molecule has 5 nitrogen and oxygen atoms in total. The van der Waals surface area contributed by atoms with E-state index in [0.717, 1.165) is 3.57 Å². The van der Waals surface area contributed by atoms with Gasteiger partial charge in [0.25, 0.3) is 11.8 Å². The quantitative estimate of drug-likeness (QED) is 0.492. The molecule has 0 saturated carbocycles. The van der Waals surface area contributed by atoms with Gasteiger partial charge in [-0.2, -0.15) is 0 Å². The normalized spacial score (nSPS) is 9.92. The molecular weight excluding hydrogens is 437 g/mol. The number of carbonyl (C=O) groups is 2. The van der Waals surface area contributed by atoms with Crippen LogP contribution in [0.5, 0.6) is 0 Å². The molecule has 0 aliphatic rings. The summed E-state index contributed by atoms with van der Waals surface area (Å²) in [5.41, 5.74) is 1.80. The van der Waals surface area contributed by atoms with Crippen LogP contribution < -0.4 is 16.0 Å². The third-order valence-electron chi connectivity index (χ3n) is 3.06. The molecule has 0 aliphatic heterocycles. The van der Waals surface area contributed by atoms with Crippen molar-refractivity contribution in [1.29, 1.82) is 0 Å². The summed E-state index contributed by atoms with van der Waals surface area (Å²) in [4.78, 5) is 23.8. The van der Waals surface area contributed by atoms with Crippen molar-refractivity contribution in [2.24, 2.45) is 0 Å². The van der Waals surface area contributed by atoms with Crippen molar-refractivity contribution in [3.63, 3.8) is 0 Å². The van der Waals surface area contributed by atoms with Gasteiger partial charge in [-0.3, -0.25) is 14.9 Å². The molecule has 3 N–H and O–H groups in total. The summed E-state index contributed by atoms with van der Waals surface area (Å²) < 4.78 is 0.972. The van der Waals surface area contributed by atoms with Crippen molar-refractivity contribution < 1.29 is 9.59 Å². The smallest absolute Gasteiger partial charge is 0.257 e. The Hall–Kier alpha value is -2.00. The Morgan fingerprint density at radius 2 is 1.75 bits per heavy atom. The SMILES string of the molecule is CCNC(=O)c1ccc(NC(=S)NC(=O)c2cccc(I)c2)cc1. The minimum atomic E-state index is -0.273. The van der Waals surface area contributed by atoms with Crippen LogP contribution in [0, 0.1) is 3.57 Å². The van der Waals surface area contributed by atoms with E-state index >= 15 is 0 Å². The lowest BCUT2D eigenvalue weighted by molar-refractivity contribution is 0.0953. The molecule has 2 rings (SSSR count). The number of hydrogen-bond acceptors (Lipinski definition) is 3. The number of thiocarbonyl (C=S) groups is 1. The minimum absolute atomic E-state index is 0.126. The maximum atomic E-state index is 12.1. The fourth-order valence-electron chi connectivity index (χ4n) is 1.93. The van der Waals surface area contributed by atoms with Crippen molar-refractivity contribution in [3.05, 3.63) is 63.2 Å². The highest BCUT2D eigenvalue weighted by Crippen LogP contribution is 2.10. The number of carbonyl (C=O) groups excluding carboxylic acids is 2. The second-order valence-electron chi connectivity index (χ2n) is 4.86. The predicted octanol–water partition coefficient (Wildman–Crippen LogP) is 3.17. The van der Waals surface area contributed by atoms with Gasteiger partial charge >= 0.3 is 0 Å². The van der Waals surface area contributed by atoms with Crippen LogP contribution in [0.15, 0.2) is 48.5 Å². The van der Waals surface area contributed by atoms with Crippen LogP contribution in [0.4, 0.5) is 5.69 Å². The number of anilines is 1. The number of hydrogen-bond donors (Lipinski definition) is 3. The molecule has 2 aromatic carbocycles. The molecule has 0 radical (unpaired) electrons. The first-order valence-electron chi connectivity index (χ1n) is 7.25. The summed E-state index contributed by atoms with van der Waals surface area (Å²) in [6.45, 7) is 2.44. The first kappa shape index (κ1) is 18.3. The Kier molecular flexibility index (Phi) is 6.68. The number of benzene rings is 2. The standard InChI is InChI=1S/C17H16IN3O2S/c1-2-19-15(22)11-6-8-14(9-7-11)20-17(24)21-16(23)12-4-3-5-13(18)10-12/h3-10H,2H2,1H3,(H,19,22)(H2,20,21,23,24). The average Bonchev–Trinajstić information content (AvgIpc) is 2.55. The van der Waals surface area contributed by atoms with Crippen molar-refractivity contribution in [1.82, 2.24) is 10.6 Å². The van der Waals surface area contributed by atoms with E-state index in [9.17, 15) is 9.59 Å². The summed E-state index contributed by atoms with van der Waals surface area (Å²) in [5.74, 6) is -0.399. The number of halogens is 1. The molecule has 0 fully saturated rings.